The number of carboxylic acid groups (broad SMARTS) is 1. The van der Waals surface area contributed by atoms with E-state index in [1.54, 1.807) is 0 Å². The van der Waals surface area contributed by atoms with Gasteiger partial charge in [-0.3, -0.25) is 0 Å². The number of hydrogen-bond acceptors (Lipinski definition) is 5. The van der Waals surface area contributed by atoms with Crippen LogP contribution < -0.4 is 0 Å². The number of benzene rings is 1. The van der Waals surface area contributed by atoms with Crippen LogP contribution in [-0.2, 0) is 0 Å². The highest BCUT2D eigenvalue weighted by atomic mass is 16.4. The molecule has 1 rings (SSSR count). The molecule has 0 fully saturated rings. The van der Waals surface area contributed by atoms with Gasteiger partial charge >= 0.3 is 5.97 Å². The monoisotopic (exact) mass is 194 g/mol. The van der Waals surface area contributed by atoms with E-state index in [1.165, 1.54) is 6.92 Å². The molecule has 0 aliphatic carbocycles. The van der Waals surface area contributed by atoms with Crippen molar-refractivity contribution in [3.8, 4) is 0 Å². The van der Waals surface area contributed by atoms with Gasteiger partial charge in [0.2, 0.25) is 0 Å². The van der Waals surface area contributed by atoms with Gasteiger partial charge in [-0.15, -0.1) is 9.81 Å². The van der Waals surface area contributed by atoms with E-state index in [9.17, 15) is 14.6 Å². The Morgan fingerprint density at radius 1 is 1.29 bits per heavy atom. The molecular weight excluding hydrogens is 188 g/mol. The fraction of sp³-hybridized carbons (Fsp3) is 0.125. The van der Waals surface area contributed by atoms with Crippen LogP contribution in [0.2, 0.25) is 0 Å². The Balaban J connectivity index is 3.49. The van der Waals surface area contributed by atoms with E-state index in [0.29, 0.717) is 0 Å². The van der Waals surface area contributed by atoms with Crippen molar-refractivity contribution in [1.82, 2.24) is 0 Å². The molecule has 0 bridgehead atoms. The molecule has 0 aromatic heterocycles. The van der Waals surface area contributed by atoms with Crippen LogP contribution in [0.15, 0.2) is 22.5 Å². The van der Waals surface area contributed by atoms with Crippen LogP contribution in [0.25, 0.3) is 0 Å². The molecule has 14 heavy (non-hydrogen) atoms. The summed E-state index contributed by atoms with van der Waals surface area (Å²) >= 11 is 0. The maximum absolute atomic E-state index is 10.7. The molecule has 0 saturated heterocycles. The number of carbonyl (C=O) groups is 1. The first kappa shape index (κ1) is 9.97. The Hall–Kier alpha value is -2.11. The van der Waals surface area contributed by atoms with Crippen LogP contribution in [0.1, 0.15) is 15.9 Å². The lowest BCUT2D eigenvalue weighted by atomic mass is 10.1. The average Bonchev–Trinajstić information content (AvgIpc) is 2.17. The molecule has 0 radical (unpaired) electrons. The summed E-state index contributed by atoms with van der Waals surface area (Å²) in [5.74, 6) is -1.22. The number of nitrogens with zero attached hydrogens (tertiary/aromatic N) is 2. The van der Waals surface area contributed by atoms with E-state index in [4.69, 9.17) is 5.11 Å². The van der Waals surface area contributed by atoms with E-state index in [-0.39, 0.29) is 22.5 Å². The second kappa shape index (κ2) is 3.73. The van der Waals surface area contributed by atoms with Gasteiger partial charge in [0.15, 0.2) is 0 Å². The number of rotatable bonds is 3. The molecule has 1 N–H and O–H groups in total. The lowest BCUT2D eigenvalue weighted by Gasteiger charge is -2.02. The molecule has 0 amide bonds. The van der Waals surface area contributed by atoms with Crippen LogP contribution in [0, 0.1) is 16.7 Å². The lowest BCUT2D eigenvalue weighted by Crippen LogP contribution is -1.99. The van der Waals surface area contributed by atoms with E-state index < -0.39 is 5.97 Å². The summed E-state index contributed by atoms with van der Waals surface area (Å²) < 4.78 is 0. The molecule has 1 aromatic rings. The van der Waals surface area contributed by atoms with Crippen molar-refractivity contribution >= 4 is 17.3 Å². The summed E-state index contributed by atoms with van der Waals surface area (Å²) in [7, 11) is 0. The van der Waals surface area contributed by atoms with Gasteiger partial charge in [-0.05, 0) is 35.0 Å². The minimum absolute atomic E-state index is 0.0838. The van der Waals surface area contributed by atoms with Crippen LogP contribution in [0.4, 0.5) is 11.4 Å². The summed E-state index contributed by atoms with van der Waals surface area (Å²) in [6, 6.07) is 2.24. The molecule has 0 aliphatic rings. The molecule has 0 aliphatic heterocycles. The number of nitroso groups, excluding NO2 is 2. The summed E-state index contributed by atoms with van der Waals surface area (Å²) in [6.07, 6.45) is 0. The van der Waals surface area contributed by atoms with Gasteiger partial charge in [0.25, 0.3) is 0 Å². The van der Waals surface area contributed by atoms with E-state index >= 15 is 0 Å². The minimum Gasteiger partial charge on any atom is -0.478 e. The molecule has 0 heterocycles. The van der Waals surface area contributed by atoms with Crippen molar-refractivity contribution in [2.45, 2.75) is 6.92 Å². The molecule has 72 valence electrons. The largest absolute Gasteiger partial charge is 0.478 e. The Kier molecular flexibility index (Phi) is 2.66. The summed E-state index contributed by atoms with van der Waals surface area (Å²) in [5.41, 5.74) is -0.126. The van der Waals surface area contributed by atoms with Gasteiger partial charge in [0.1, 0.15) is 11.4 Å². The minimum atomic E-state index is -1.22. The van der Waals surface area contributed by atoms with Crippen LogP contribution >= 0.6 is 0 Å². The van der Waals surface area contributed by atoms with Crippen molar-refractivity contribution in [2.75, 3.05) is 0 Å². The number of aromatic carboxylic acids is 1. The fourth-order valence-corrected chi connectivity index (χ4v) is 1.05. The number of carboxylic acids is 1. The SMILES string of the molecule is Cc1c(N=O)cc(N=O)cc1C(=O)O. The van der Waals surface area contributed by atoms with Crippen LogP contribution in [0.3, 0.4) is 0 Å². The van der Waals surface area contributed by atoms with Crippen molar-refractivity contribution in [1.29, 1.82) is 0 Å². The van der Waals surface area contributed by atoms with Crippen molar-refractivity contribution in [3.63, 3.8) is 0 Å². The topological polar surface area (TPSA) is 96.2 Å². The summed E-state index contributed by atoms with van der Waals surface area (Å²) in [4.78, 5) is 31.1. The van der Waals surface area contributed by atoms with Gasteiger partial charge in [-0.2, -0.15) is 0 Å². The standard InChI is InChI=1S/C8H6N2O4/c1-4-6(8(11)12)2-5(9-13)3-7(4)10-14/h2-3H,1H3,(H,11,12). The van der Waals surface area contributed by atoms with Gasteiger partial charge < -0.3 is 5.11 Å². The zero-order chi connectivity index (χ0) is 10.7. The predicted octanol–water partition coefficient (Wildman–Crippen LogP) is 2.49. The number of hydrogen-bond donors (Lipinski definition) is 1. The molecule has 0 spiro atoms. The van der Waals surface area contributed by atoms with E-state index in [1.807, 2.05) is 0 Å². The Bertz CT molecular complexity index is 414. The first-order valence-corrected chi connectivity index (χ1v) is 3.64. The average molecular weight is 194 g/mol. The van der Waals surface area contributed by atoms with E-state index in [2.05, 4.69) is 10.4 Å². The van der Waals surface area contributed by atoms with Gasteiger partial charge in [-0.1, -0.05) is 0 Å². The van der Waals surface area contributed by atoms with Gasteiger partial charge in [0.05, 0.1) is 5.56 Å². The molecule has 6 heteroatoms. The summed E-state index contributed by atoms with van der Waals surface area (Å²) in [5, 5.41) is 13.9. The predicted molar refractivity (Wildman–Crippen MR) is 49.0 cm³/mol. The molecular formula is C8H6N2O4. The Morgan fingerprint density at radius 2 is 1.93 bits per heavy atom. The maximum Gasteiger partial charge on any atom is 0.336 e. The van der Waals surface area contributed by atoms with Gasteiger partial charge in [0, 0.05) is 0 Å². The molecule has 0 saturated carbocycles. The molecule has 6 nitrogen and oxygen atoms in total. The highest BCUT2D eigenvalue weighted by Gasteiger charge is 2.13. The van der Waals surface area contributed by atoms with Crippen LogP contribution in [0.5, 0.6) is 0 Å². The third-order valence-electron chi connectivity index (χ3n) is 1.80. The van der Waals surface area contributed by atoms with Crippen molar-refractivity contribution in [2.24, 2.45) is 10.4 Å². The Morgan fingerprint density at radius 3 is 2.36 bits per heavy atom. The van der Waals surface area contributed by atoms with Crippen molar-refractivity contribution in [3.05, 3.63) is 33.1 Å². The van der Waals surface area contributed by atoms with Gasteiger partial charge in [-0.25, -0.2) is 4.79 Å². The normalized spacial score (nSPS) is 9.50. The van der Waals surface area contributed by atoms with Crippen molar-refractivity contribution < 1.29 is 9.90 Å². The first-order valence-electron chi connectivity index (χ1n) is 3.64. The zero-order valence-electron chi connectivity index (χ0n) is 7.22. The first-order chi connectivity index (χ1) is 6.60. The second-order valence-corrected chi connectivity index (χ2v) is 2.63. The van der Waals surface area contributed by atoms with Crippen LogP contribution in [-0.4, -0.2) is 11.1 Å². The Labute approximate surface area is 78.5 Å². The summed E-state index contributed by atoms with van der Waals surface area (Å²) in [6.45, 7) is 1.44. The quantitative estimate of drug-likeness (QED) is 0.747. The fourth-order valence-electron chi connectivity index (χ4n) is 1.05. The highest BCUT2D eigenvalue weighted by molar-refractivity contribution is 5.92. The molecule has 0 unspecified atom stereocenters. The maximum atomic E-state index is 10.7. The second-order valence-electron chi connectivity index (χ2n) is 2.63. The van der Waals surface area contributed by atoms with E-state index in [0.717, 1.165) is 12.1 Å². The highest BCUT2D eigenvalue weighted by Crippen LogP contribution is 2.28. The molecule has 0 atom stereocenters. The third kappa shape index (κ3) is 1.63. The lowest BCUT2D eigenvalue weighted by molar-refractivity contribution is 0.0696. The third-order valence-corrected chi connectivity index (χ3v) is 1.80. The smallest absolute Gasteiger partial charge is 0.336 e. The molecule has 1 aromatic carbocycles. The zero-order valence-corrected chi connectivity index (χ0v) is 7.22.